The van der Waals surface area contributed by atoms with Gasteiger partial charge in [0.25, 0.3) is 11.8 Å². The van der Waals surface area contributed by atoms with Crippen molar-refractivity contribution in [3.05, 3.63) is 24.3 Å². The lowest BCUT2D eigenvalue weighted by Gasteiger charge is -2.34. The molecule has 8 heteroatoms. The van der Waals surface area contributed by atoms with Crippen LogP contribution in [0.2, 0.25) is 0 Å². The summed E-state index contributed by atoms with van der Waals surface area (Å²) in [4.78, 5) is 28.5. The highest BCUT2D eigenvalue weighted by atomic mass is 16.5. The molecule has 8 nitrogen and oxygen atoms in total. The third-order valence-electron chi connectivity index (χ3n) is 8.13. The van der Waals surface area contributed by atoms with Gasteiger partial charge < -0.3 is 30.1 Å². The Hall–Kier alpha value is -2.32. The predicted octanol–water partition coefficient (Wildman–Crippen LogP) is 2.71. The van der Waals surface area contributed by atoms with Crippen LogP contribution in [0.4, 0.5) is 5.69 Å². The maximum atomic E-state index is 12.4. The number of piperidine rings is 1. The molecule has 200 valence electrons. The largest absolute Gasteiger partial charge is 0.491 e. The fourth-order valence-corrected chi connectivity index (χ4v) is 5.78. The molecule has 0 aromatic heterocycles. The lowest BCUT2D eigenvalue weighted by molar-refractivity contribution is -0.152. The molecule has 2 unspecified atom stereocenters. The molecule has 0 radical (unpaired) electrons. The van der Waals surface area contributed by atoms with E-state index in [1.807, 2.05) is 12.1 Å². The van der Waals surface area contributed by atoms with Crippen LogP contribution in [0.15, 0.2) is 24.3 Å². The van der Waals surface area contributed by atoms with E-state index >= 15 is 0 Å². The number of para-hydroxylation sites is 2. The highest BCUT2D eigenvalue weighted by Gasteiger charge is 2.34. The summed E-state index contributed by atoms with van der Waals surface area (Å²) in [6.07, 6.45) is 8.01. The molecule has 4 rings (SSSR count). The van der Waals surface area contributed by atoms with Gasteiger partial charge in [0.05, 0.1) is 12.3 Å². The minimum atomic E-state index is -1.74. The van der Waals surface area contributed by atoms with Crippen molar-refractivity contribution in [2.45, 2.75) is 76.4 Å². The van der Waals surface area contributed by atoms with Crippen LogP contribution in [0.25, 0.3) is 0 Å². The number of hydrogen-bond donors (Lipinski definition) is 3. The molecule has 1 saturated carbocycles. The minimum Gasteiger partial charge on any atom is -0.491 e. The van der Waals surface area contributed by atoms with Crippen LogP contribution in [-0.4, -0.2) is 78.5 Å². The zero-order valence-corrected chi connectivity index (χ0v) is 21.4. The van der Waals surface area contributed by atoms with Crippen molar-refractivity contribution in [3.8, 4) is 5.75 Å². The Bertz CT molecular complexity index is 845. The molecule has 36 heavy (non-hydrogen) atoms. The van der Waals surface area contributed by atoms with Crippen molar-refractivity contribution in [2.24, 2.45) is 11.8 Å². The van der Waals surface area contributed by atoms with Crippen molar-refractivity contribution in [1.82, 2.24) is 10.2 Å². The van der Waals surface area contributed by atoms with E-state index in [2.05, 4.69) is 22.3 Å². The second-order valence-electron chi connectivity index (χ2n) is 10.7. The van der Waals surface area contributed by atoms with Crippen LogP contribution in [-0.2, 0) is 9.59 Å². The van der Waals surface area contributed by atoms with Crippen LogP contribution in [0.1, 0.15) is 64.2 Å². The highest BCUT2D eigenvalue weighted by molar-refractivity contribution is 5.90. The Balaban J connectivity index is 1.19. The molecular formula is C28H43N3O5. The fourth-order valence-electron chi connectivity index (χ4n) is 5.78. The lowest BCUT2D eigenvalue weighted by atomic mass is 9.87. The zero-order chi connectivity index (χ0) is 25.3. The molecule has 2 atom stereocenters. The number of amides is 2. The van der Waals surface area contributed by atoms with Crippen molar-refractivity contribution in [2.75, 3.05) is 44.2 Å². The Labute approximate surface area is 215 Å². The third-order valence-corrected chi connectivity index (χ3v) is 8.13. The summed E-state index contributed by atoms with van der Waals surface area (Å²) in [5.74, 6) is 0.773. The number of ether oxygens (including phenoxy) is 1. The summed E-state index contributed by atoms with van der Waals surface area (Å²) in [6, 6.07) is 8.24. The molecule has 1 aromatic carbocycles. The number of nitrogens with zero attached hydrogens (tertiary/aromatic N) is 2. The van der Waals surface area contributed by atoms with Gasteiger partial charge in [-0.15, -0.1) is 0 Å². The van der Waals surface area contributed by atoms with Crippen molar-refractivity contribution < 1.29 is 24.5 Å². The number of carbonyl (C=O) groups excluding carboxylic acids is 2. The van der Waals surface area contributed by atoms with Gasteiger partial charge >= 0.3 is 0 Å². The number of anilines is 1. The minimum absolute atomic E-state index is 0.281. The van der Waals surface area contributed by atoms with Crippen molar-refractivity contribution in [3.63, 3.8) is 0 Å². The van der Waals surface area contributed by atoms with Gasteiger partial charge in [0.15, 0.2) is 12.2 Å². The molecule has 1 aromatic rings. The second-order valence-corrected chi connectivity index (χ2v) is 10.7. The van der Waals surface area contributed by atoms with Crippen molar-refractivity contribution >= 4 is 17.5 Å². The normalized spacial score (nSPS) is 21.3. The summed E-state index contributed by atoms with van der Waals surface area (Å²) in [5.41, 5.74) is 1.13. The average molecular weight is 502 g/mol. The van der Waals surface area contributed by atoms with Gasteiger partial charge in [0.2, 0.25) is 0 Å². The van der Waals surface area contributed by atoms with E-state index in [1.54, 1.807) is 0 Å². The number of nitrogens with one attached hydrogen (secondary N) is 1. The average Bonchev–Trinajstić information content (AvgIpc) is 3.47. The first kappa shape index (κ1) is 26.7. The van der Waals surface area contributed by atoms with Crippen LogP contribution < -0.4 is 15.0 Å². The molecule has 2 aliphatic heterocycles. The van der Waals surface area contributed by atoms with E-state index in [-0.39, 0.29) is 5.92 Å². The van der Waals surface area contributed by atoms with Gasteiger partial charge in [-0.2, -0.15) is 0 Å². The maximum Gasteiger partial charge on any atom is 0.254 e. The first-order valence-corrected chi connectivity index (χ1v) is 13.9. The number of benzene rings is 1. The Morgan fingerprint density at radius 1 is 0.889 bits per heavy atom. The topological polar surface area (TPSA) is 102 Å². The quantitative estimate of drug-likeness (QED) is 0.456. The predicted molar refractivity (Wildman–Crippen MR) is 139 cm³/mol. The fraction of sp³-hybridized carbons (Fsp3) is 0.714. The van der Waals surface area contributed by atoms with Gasteiger partial charge in [0, 0.05) is 32.7 Å². The number of aliphatic hydroxyl groups is 2. The second kappa shape index (κ2) is 13.3. The van der Waals surface area contributed by atoms with Gasteiger partial charge in [-0.3, -0.25) is 9.59 Å². The maximum absolute atomic E-state index is 12.4. The SMILES string of the molecule is O=C(NCC1CCN(c2ccccc2OCCC2CCCCC2)CC1)C(O)C(O)C(=O)N1CCCC1. The Morgan fingerprint density at radius 3 is 2.31 bits per heavy atom. The van der Waals surface area contributed by atoms with E-state index in [9.17, 15) is 19.8 Å². The summed E-state index contributed by atoms with van der Waals surface area (Å²) >= 11 is 0. The summed E-state index contributed by atoms with van der Waals surface area (Å²) in [5, 5.41) is 23.1. The van der Waals surface area contributed by atoms with Gasteiger partial charge in [-0.25, -0.2) is 0 Å². The molecular weight excluding hydrogens is 458 g/mol. The molecule has 1 aliphatic carbocycles. The van der Waals surface area contributed by atoms with Crippen LogP contribution in [0, 0.1) is 11.8 Å². The van der Waals surface area contributed by atoms with Crippen LogP contribution >= 0.6 is 0 Å². The number of likely N-dealkylation sites (tertiary alicyclic amines) is 1. The molecule has 2 heterocycles. The number of rotatable bonds is 10. The Kier molecular flexibility index (Phi) is 9.87. The Morgan fingerprint density at radius 2 is 1.58 bits per heavy atom. The summed E-state index contributed by atoms with van der Waals surface area (Å²) < 4.78 is 6.22. The molecule has 2 amide bonds. The highest BCUT2D eigenvalue weighted by Crippen LogP contribution is 2.32. The first-order valence-electron chi connectivity index (χ1n) is 13.9. The van der Waals surface area contributed by atoms with E-state index in [4.69, 9.17) is 4.74 Å². The number of hydrogen-bond acceptors (Lipinski definition) is 6. The molecule has 0 spiro atoms. The van der Waals surface area contributed by atoms with Crippen LogP contribution in [0.5, 0.6) is 5.75 Å². The first-order chi connectivity index (χ1) is 17.5. The molecule has 0 bridgehead atoms. The zero-order valence-electron chi connectivity index (χ0n) is 21.4. The summed E-state index contributed by atoms with van der Waals surface area (Å²) in [7, 11) is 0. The van der Waals surface area contributed by atoms with E-state index in [1.165, 1.54) is 37.0 Å². The molecule has 2 saturated heterocycles. The van der Waals surface area contributed by atoms with E-state index < -0.39 is 24.0 Å². The molecule has 3 N–H and O–H groups in total. The van der Waals surface area contributed by atoms with Gasteiger partial charge in [0.1, 0.15) is 5.75 Å². The van der Waals surface area contributed by atoms with Crippen molar-refractivity contribution in [1.29, 1.82) is 0 Å². The summed E-state index contributed by atoms with van der Waals surface area (Å²) in [6.45, 7) is 4.05. The standard InChI is InChI=1S/C28H43N3O5/c32-25(26(33)28(35)31-15-6-7-16-31)27(34)29-20-22-12-17-30(18-13-22)23-10-4-5-11-24(23)36-19-14-21-8-2-1-3-9-21/h4-5,10-11,21-22,25-26,32-33H,1-3,6-9,12-20H2,(H,29,34). The number of aliphatic hydroxyl groups excluding tert-OH is 2. The third kappa shape index (κ3) is 7.13. The van der Waals surface area contributed by atoms with E-state index in [0.717, 1.165) is 69.2 Å². The smallest absolute Gasteiger partial charge is 0.254 e. The molecule has 3 aliphatic rings. The lowest BCUT2D eigenvalue weighted by Crippen LogP contribution is -2.51. The van der Waals surface area contributed by atoms with Gasteiger partial charge in [-0.05, 0) is 56.1 Å². The monoisotopic (exact) mass is 501 g/mol. The number of carbonyl (C=O) groups is 2. The molecule has 3 fully saturated rings. The van der Waals surface area contributed by atoms with Gasteiger partial charge in [-0.1, -0.05) is 44.2 Å². The van der Waals surface area contributed by atoms with Crippen LogP contribution in [0.3, 0.4) is 0 Å². The van der Waals surface area contributed by atoms with E-state index in [0.29, 0.717) is 19.6 Å².